The summed E-state index contributed by atoms with van der Waals surface area (Å²) < 4.78 is 62.6. The van der Waals surface area contributed by atoms with Gasteiger partial charge in [-0.1, -0.05) is 30.0 Å². The summed E-state index contributed by atoms with van der Waals surface area (Å²) in [7, 11) is -3.12. The van der Waals surface area contributed by atoms with Gasteiger partial charge in [0, 0.05) is 16.6 Å². The molecule has 0 radical (unpaired) electrons. The van der Waals surface area contributed by atoms with Gasteiger partial charge in [0.25, 0.3) is 0 Å². The Morgan fingerprint density at radius 2 is 1.94 bits per heavy atom. The number of alkyl halides is 3. The highest BCUT2D eigenvalue weighted by molar-refractivity contribution is 8.15. The van der Waals surface area contributed by atoms with Crippen molar-refractivity contribution in [1.29, 1.82) is 0 Å². The van der Waals surface area contributed by atoms with Gasteiger partial charge in [0.1, 0.15) is 6.54 Å². The third kappa shape index (κ3) is 5.09. The molecule has 170 valence electrons. The molecule has 11 heteroatoms. The van der Waals surface area contributed by atoms with E-state index in [0.717, 1.165) is 17.7 Å². The topological polar surface area (TPSA) is 78.8 Å². The summed E-state index contributed by atoms with van der Waals surface area (Å²) in [6.07, 6.45) is -4.51. The van der Waals surface area contributed by atoms with E-state index in [1.807, 2.05) is 25.1 Å². The molecule has 4 rings (SSSR count). The Kier molecular flexibility index (Phi) is 5.97. The molecule has 0 saturated carbocycles. The van der Waals surface area contributed by atoms with Crippen molar-refractivity contribution in [2.45, 2.75) is 24.4 Å². The van der Waals surface area contributed by atoms with Crippen LogP contribution in [-0.2, 0) is 20.8 Å². The molecule has 0 bridgehead atoms. The Hall–Kier alpha value is -2.53. The lowest BCUT2D eigenvalue weighted by Crippen LogP contribution is -2.36. The zero-order valence-electron chi connectivity index (χ0n) is 17.0. The summed E-state index contributed by atoms with van der Waals surface area (Å²) in [4.78, 5) is 19.0. The van der Waals surface area contributed by atoms with Crippen LogP contribution in [0.1, 0.15) is 11.1 Å². The number of aryl methyl sites for hydroxylation is 1. The molecular formula is C21H20F3N3O3S2. The van der Waals surface area contributed by atoms with Gasteiger partial charge in [0.05, 0.1) is 23.1 Å². The molecule has 2 aromatic carbocycles. The van der Waals surface area contributed by atoms with E-state index in [1.54, 1.807) is 11.0 Å². The fourth-order valence-corrected chi connectivity index (χ4v) is 7.43. The molecule has 1 amide bonds. The lowest BCUT2D eigenvalue weighted by Gasteiger charge is -2.24. The summed E-state index contributed by atoms with van der Waals surface area (Å²) in [5, 5.41) is 2.84. The van der Waals surface area contributed by atoms with E-state index in [9.17, 15) is 26.4 Å². The monoisotopic (exact) mass is 483 g/mol. The summed E-state index contributed by atoms with van der Waals surface area (Å²) in [6, 6.07) is 11.5. The number of hydrogen-bond acceptors (Lipinski definition) is 6. The van der Waals surface area contributed by atoms with Gasteiger partial charge in [-0.3, -0.25) is 9.79 Å². The summed E-state index contributed by atoms with van der Waals surface area (Å²) in [5.74, 6) is -0.501. The molecule has 0 aromatic heterocycles. The average molecular weight is 484 g/mol. The van der Waals surface area contributed by atoms with Gasteiger partial charge >= 0.3 is 6.18 Å². The van der Waals surface area contributed by atoms with Gasteiger partial charge < -0.3 is 10.2 Å². The number of rotatable bonds is 4. The Morgan fingerprint density at radius 3 is 2.62 bits per heavy atom. The minimum atomic E-state index is -4.51. The third-order valence-corrected chi connectivity index (χ3v) is 8.37. The molecule has 2 aliphatic heterocycles. The highest BCUT2D eigenvalue weighted by Gasteiger charge is 2.44. The molecule has 6 nitrogen and oxygen atoms in total. The second kappa shape index (κ2) is 8.43. The first-order valence-corrected chi connectivity index (χ1v) is 12.5. The van der Waals surface area contributed by atoms with Crippen molar-refractivity contribution in [2.75, 3.05) is 28.3 Å². The number of hydrogen-bond donors (Lipinski definition) is 1. The maximum Gasteiger partial charge on any atom is 0.416 e. The number of halogens is 3. The molecule has 32 heavy (non-hydrogen) atoms. The number of nitrogens with one attached hydrogen (secondary N) is 1. The van der Waals surface area contributed by atoms with Gasteiger partial charge in [-0.25, -0.2) is 8.42 Å². The van der Waals surface area contributed by atoms with Gasteiger partial charge in [0.2, 0.25) is 5.91 Å². The van der Waals surface area contributed by atoms with E-state index in [1.165, 1.54) is 23.9 Å². The largest absolute Gasteiger partial charge is 0.416 e. The number of aliphatic imine (C=N–C) groups is 1. The maximum atomic E-state index is 13.0. The highest BCUT2D eigenvalue weighted by atomic mass is 32.2. The lowest BCUT2D eigenvalue weighted by atomic mass is 10.2. The molecule has 1 saturated heterocycles. The van der Waals surface area contributed by atoms with Crippen molar-refractivity contribution in [3.8, 4) is 0 Å². The number of nitrogens with zero attached hydrogens (tertiary/aromatic N) is 2. The normalized spacial score (nSPS) is 21.7. The molecular weight excluding hydrogens is 463 g/mol. The van der Waals surface area contributed by atoms with E-state index in [2.05, 4.69) is 10.3 Å². The van der Waals surface area contributed by atoms with Crippen molar-refractivity contribution in [1.82, 2.24) is 0 Å². The Balaban J connectivity index is 1.56. The predicted octanol–water partition coefficient (Wildman–Crippen LogP) is 3.73. The zero-order valence-corrected chi connectivity index (χ0v) is 18.6. The number of sulfone groups is 1. The smallest absolute Gasteiger partial charge is 0.325 e. The zero-order chi connectivity index (χ0) is 23.1. The van der Waals surface area contributed by atoms with Crippen LogP contribution < -0.4 is 10.2 Å². The van der Waals surface area contributed by atoms with Crippen molar-refractivity contribution in [3.63, 3.8) is 0 Å². The van der Waals surface area contributed by atoms with E-state index in [0.29, 0.717) is 10.9 Å². The number of carbonyl (C=O) groups excluding carboxylic acids is 1. The van der Waals surface area contributed by atoms with E-state index in [-0.39, 0.29) is 35.0 Å². The maximum absolute atomic E-state index is 13.0. The number of amides is 1. The molecule has 0 unspecified atom stereocenters. The fourth-order valence-electron chi connectivity index (χ4n) is 3.65. The molecule has 2 aliphatic rings. The minimum absolute atomic E-state index is 0.0216. The second-order valence-corrected chi connectivity index (χ2v) is 11.1. The van der Waals surface area contributed by atoms with Crippen LogP contribution in [0.25, 0.3) is 0 Å². The molecule has 1 N–H and O–H groups in total. The van der Waals surface area contributed by atoms with Crippen LogP contribution in [0.15, 0.2) is 53.5 Å². The van der Waals surface area contributed by atoms with Crippen LogP contribution in [0.2, 0.25) is 0 Å². The Bertz CT molecular complexity index is 1180. The van der Waals surface area contributed by atoms with Crippen LogP contribution in [0.5, 0.6) is 0 Å². The van der Waals surface area contributed by atoms with Gasteiger partial charge in [0.15, 0.2) is 15.0 Å². The molecule has 2 heterocycles. The molecule has 2 aromatic rings. The Labute approximate surface area is 187 Å². The van der Waals surface area contributed by atoms with Gasteiger partial charge in [-0.15, -0.1) is 0 Å². The fraction of sp³-hybridized carbons (Fsp3) is 0.333. The van der Waals surface area contributed by atoms with Crippen LogP contribution in [0.4, 0.5) is 24.5 Å². The van der Waals surface area contributed by atoms with E-state index >= 15 is 0 Å². The summed E-state index contributed by atoms with van der Waals surface area (Å²) in [6.45, 7) is 1.72. The number of fused-ring (bicyclic) bond motifs is 1. The highest BCUT2D eigenvalue weighted by Crippen LogP contribution is 2.37. The van der Waals surface area contributed by atoms with Crippen molar-refractivity contribution in [2.24, 2.45) is 4.99 Å². The first kappa shape index (κ1) is 22.7. The molecule has 0 spiro atoms. The van der Waals surface area contributed by atoms with E-state index in [4.69, 9.17) is 0 Å². The van der Waals surface area contributed by atoms with Crippen LogP contribution in [0, 0.1) is 6.92 Å². The number of anilines is 2. The van der Waals surface area contributed by atoms with Gasteiger partial charge in [-0.05, 0) is 42.8 Å². The second-order valence-electron chi connectivity index (χ2n) is 7.76. The first-order chi connectivity index (χ1) is 15.0. The SMILES string of the molecule is Cc1cccc(N(CC(=O)Nc2cccc(C(F)(F)F)c2)C2=N[C@H]3CS(=O)(=O)C[C@H]3S2)c1. The van der Waals surface area contributed by atoms with Crippen molar-refractivity contribution in [3.05, 3.63) is 59.7 Å². The molecule has 0 aliphatic carbocycles. The average Bonchev–Trinajstić information content (AvgIpc) is 3.19. The molecule has 1 fully saturated rings. The van der Waals surface area contributed by atoms with Crippen molar-refractivity contribution >= 4 is 44.0 Å². The summed E-state index contributed by atoms with van der Waals surface area (Å²) >= 11 is 1.31. The predicted molar refractivity (Wildman–Crippen MR) is 120 cm³/mol. The minimum Gasteiger partial charge on any atom is -0.325 e. The molecule has 2 atom stereocenters. The number of carbonyl (C=O) groups is 1. The van der Waals surface area contributed by atoms with E-state index < -0.39 is 27.5 Å². The van der Waals surface area contributed by atoms with Crippen LogP contribution in [-0.4, -0.2) is 48.8 Å². The van der Waals surface area contributed by atoms with Crippen LogP contribution >= 0.6 is 11.8 Å². The quantitative estimate of drug-likeness (QED) is 0.717. The number of thioether (sulfide) groups is 1. The third-order valence-electron chi connectivity index (χ3n) is 5.12. The van der Waals surface area contributed by atoms with Gasteiger partial charge in [-0.2, -0.15) is 13.2 Å². The summed E-state index contributed by atoms with van der Waals surface area (Å²) in [5.41, 5.74) is 0.837. The standard InChI is InChI=1S/C21H20F3N3O3S2/c1-13-4-2-7-16(8-13)27(20-26-17-11-32(29,30)12-18(17)31-20)10-19(28)25-15-6-3-5-14(9-15)21(22,23)24/h2-9,17-18H,10-12H2,1H3,(H,25,28)/t17-,18+/m0/s1. The van der Waals surface area contributed by atoms with Crippen LogP contribution in [0.3, 0.4) is 0 Å². The number of amidine groups is 1. The first-order valence-electron chi connectivity index (χ1n) is 9.76. The lowest BCUT2D eigenvalue weighted by molar-refractivity contribution is -0.137. The van der Waals surface area contributed by atoms with Crippen molar-refractivity contribution < 1.29 is 26.4 Å². The number of benzene rings is 2. The Morgan fingerprint density at radius 1 is 1.19 bits per heavy atom.